The first-order valence-corrected chi connectivity index (χ1v) is 4.76. The van der Waals surface area contributed by atoms with E-state index in [9.17, 15) is 4.79 Å². The van der Waals surface area contributed by atoms with Crippen molar-refractivity contribution in [2.45, 2.75) is 32.6 Å². The molecule has 3 saturated carbocycles. The van der Waals surface area contributed by atoms with Crippen molar-refractivity contribution in [2.75, 3.05) is 0 Å². The fraction of sp³-hybridized carbons (Fsp3) is 0.900. The van der Waals surface area contributed by atoms with Crippen LogP contribution in [-0.4, -0.2) is 6.29 Å². The molecule has 11 heavy (non-hydrogen) atoms. The molecule has 0 aliphatic heterocycles. The fourth-order valence-corrected chi connectivity index (χ4v) is 2.99. The van der Waals surface area contributed by atoms with Crippen molar-refractivity contribution in [2.24, 2.45) is 23.7 Å². The average Bonchev–Trinajstić information content (AvgIpc) is 2.04. The van der Waals surface area contributed by atoms with Gasteiger partial charge in [-0.2, -0.15) is 0 Å². The van der Waals surface area contributed by atoms with E-state index in [4.69, 9.17) is 0 Å². The monoisotopic (exact) mass is 152 g/mol. The SMILES string of the molecule is CC1[C@H]2CCC(CC=O)[C@@H]1C2. The molecule has 4 atom stereocenters. The summed E-state index contributed by atoms with van der Waals surface area (Å²) in [6.45, 7) is 2.36. The van der Waals surface area contributed by atoms with E-state index >= 15 is 0 Å². The van der Waals surface area contributed by atoms with Gasteiger partial charge in [0, 0.05) is 6.42 Å². The molecular weight excluding hydrogens is 136 g/mol. The molecule has 3 rings (SSSR count). The number of aldehydes is 1. The molecule has 2 bridgehead atoms. The molecule has 1 heteroatoms. The topological polar surface area (TPSA) is 17.1 Å². The number of carbonyl (C=O) groups excluding carboxylic acids is 1. The first-order valence-electron chi connectivity index (χ1n) is 4.76. The van der Waals surface area contributed by atoms with E-state index in [1.807, 2.05) is 0 Å². The molecule has 3 aliphatic carbocycles. The van der Waals surface area contributed by atoms with Crippen LogP contribution in [0.1, 0.15) is 32.6 Å². The van der Waals surface area contributed by atoms with Crippen molar-refractivity contribution in [3.05, 3.63) is 0 Å². The summed E-state index contributed by atoms with van der Waals surface area (Å²) < 4.78 is 0. The highest BCUT2D eigenvalue weighted by Crippen LogP contribution is 2.53. The van der Waals surface area contributed by atoms with Gasteiger partial charge in [0.15, 0.2) is 0 Å². The summed E-state index contributed by atoms with van der Waals surface area (Å²) in [7, 11) is 0. The normalized spacial score (nSPS) is 48.1. The van der Waals surface area contributed by atoms with Crippen LogP contribution in [0.4, 0.5) is 0 Å². The lowest BCUT2D eigenvalue weighted by Gasteiger charge is -2.52. The summed E-state index contributed by atoms with van der Waals surface area (Å²) >= 11 is 0. The van der Waals surface area contributed by atoms with Gasteiger partial charge in [0.2, 0.25) is 0 Å². The van der Waals surface area contributed by atoms with Crippen molar-refractivity contribution >= 4 is 6.29 Å². The van der Waals surface area contributed by atoms with Gasteiger partial charge in [-0.05, 0) is 42.9 Å². The second-order valence-electron chi connectivity index (χ2n) is 4.26. The van der Waals surface area contributed by atoms with Gasteiger partial charge in [0.1, 0.15) is 6.29 Å². The summed E-state index contributed by atoms with van der Waals surface area (Å²) in [6.07, 6.45) is 6.05. The van der Waals surface area contributed by atoms with Crippen molar-refractivity contribution in [1.82, 2.24) is 0 Å². The van der Waals surface area contributed by atoms with Gasteiger partial charge in [-0.1, -0.05) is 6.92 Å². The maximum Gasteiger partial charge on any atom is 0.120 e. The third-order valence-electron chi connectivity index (χ3n) is 3.91. The van der Waals surface area contributed by atoms with Crippen LogP contribution >= 0.6 is 0 Å². The van der Waals surface area contributed by atoms with E-state index in [-0.39, 0.29) is 0 Å². The van der Waals surface area contributed by atoms with Crippen molar-refractivity contribution in [3.8, 4) is 0 Å². The van der Waals surface area contributed by atoms with Crippen LogP contribution in [-0.2, 0) is 4.79 Å². The quantitative estimate of drug-likeness (QED) is 0.555. The Labute approximate surface area is 68.2 Å². The lowest BCUT2D eigenvalue weighted by atomic mass is 9.53. The number of fused-ring (bicyclic) bond motifs is 2. The average molecular weight is 152 g/mol. The highest BCUT2D eigenvalue weighted by molar-refractivity contribution is 5.50. The van der Waals surface area contributed by atoms with E-state index in [1.54, 1.807) is 0 Å². The van der Waals surface area contributed by atoms with Gasteiger partial charge in [0.25, 0.3) is 0 Å². The Balaban J connectivity index is 1.96. The number of carbonyl (C=O) groups is 1. The zero-order valence-electron chi connectivity index (χ0n) is 7.12. The number of hydrogen-bond donors (Lipinski definition) is 0. The largest absolute Gasteiger partial charge is 0.303 e. The molecule has 0 radical (unpaired) electrons. The molecular formula is C10H16O. The third kappa shape index (κ3) is 1.02. The molecule has 62 valence electrons. The molecule has 0 heterocycles. The molecule has 0 saturated heterocycles. The second-order valence-corrected chi connectivity index (χ2v) is 4.26. The van der Waals surface area contributed by atoms with E-state index in [2.05, 4.69) is 6.92 Å². The number of rotatable bonds is 2. The lowest BCUT2D eigenvalue weighted by molar-refractivity contribution is -0.111. The minimum atomic E-state index is 0.743. The van der Waals surface area contributed by atoms with Crippen LogP contribution in [0.15, 0.2) is 0 Å². The van der Waals surface area contributed by atoms with Gasteiger partial charge in [-0.25, -0.2) is 0 Å². The molecule has 0 aromatic carbocycles. The minimum Gasteiger partial charge on any atom is -0.303 e. The molecule has 0 N–H and O–H groups in total. The van der Waals surface area contributed by atoms with Crippen LogP contribution < -0.4 is 0 Å². The maximum atomic E-state index is 10.3. The van der Waals surface area contributed by atoms with Crippen LogP contribution in [0.2, 0.25) is 0 Å². The highest BCUT2D eigenvalue weighted by Gasteiger charge is 2.45. The fourth-order valence-electron chi connectivity index (χ4n) is 2.99. The Morgan fingerprint density at radius 1 is 1.45 bits per heavy atom. The Morgan fingerprint density at radius 2 is 2.27 bits per heavy atom. The summed E-state index contributed by atoms with van der Waals surface area (Å²) in [5, 5.41) is 0. The van der Waals surface area contributed by atoms with E-state index in [0.717, 1.165) is 36.4 Å². The predicted octanol–water partition coefficient (Wildman–Crippen LogP) is 2.26. The summed E-state index contributed by atoms with van der Waals surface area (Å²) in [6, 6.07) is 0. The highest BCUT2D eigenvalue weighted by atomic mass is 16.1. The smallest absolute Gasteiger partial charge is 0.120 e. The van der Waals surface area contributed by atoms with Crippen LogP contribution in [0.3, 0.4) is 0 Å². The Bertz CT molecular complexity index is 162. The lowest BCUT2D eigenvalue weighted by Crippen LogP contribution is -2.44. The molecule has 3 aliphatic rings. The van der Waals surface area contributed by atoms with Gasteiger partial charge in [0.05, 0.1) is 0 Å². The van der Waals surface area contributed by atoms with Crippen LogP contribution in [0.25, 0.3) is 0 Å². The van der Waals surface area contributed by atoms with Gasteiger partial charge < -0.3 is 4.79 Å². The van der Waals surface area contributed by atoms with E-state index in [0.29, 0.717) is 0 Å². The van der Waals surface area contributed by atoms with E-state index < -0.39 is 0 Å². The Kier molecular flexibility index (Phi) is 1.74. The Hall–Kier alpha value is -0.330. The summed E-state index contributed by atoms with van der Waals surface area (Å²) in [5.74, 6) is 3.59. The molecule has 0 amide bonds. The second kappa shape index (κ2) is 2.62. The van der Waals surface area contributed by atoms with Crippen molar-refractivity contribution in [3.63, 3.8) is 0 Å². The summed E-state index contributed by atoms with van der Waals surface area (Å²) in [5.41, 5.74) is 0. The molecule has 1 nitrogen and oxygen atoms in total. The first kappa shape index (κ1) is 7.33. The molecule has 0 spiro atoms. The van der Waals surface area contributed by atoms with Crippen molar-refractivity contribution < 1.29 is 4.79 Å². The van der Waals surface area contributed by atoms with Crippen LogP contribution in [0.5, 0.6) is 0 Å². The first-order chi connectivity index (χ1) is 5.33. The molecule has 0 aromatic rings. The van der Waals surface area contributed by atoms with Crippen molar-refractivity contribution in [1.29, 1.82) is 0 Å². The zero-order valence-corrected chi connectivity index (χ0v) is 7.12. The predicted molar refractivity (Wildman–Crippen MR) is 44.2 cm³/mol. The molecule has 2 unspecified atom stereocenters. The molecule has 0 aromatic heterocycles. The Morgan fingerprint density at radius 3 is 2.82 bits per heavy atom. The van der Waals surface area contributed by atoms with Gasteiger partial charge in [-0.3, -0.25) is 0 Å². The van der Waals surface area contributed by atoms with Crippen LogP contribution in [0, 0.1) is 23.7 Å². The summed E-state index contributed by atoms with van der Waals surface area (Å²) in [4.78, 5) is 10.3. The van der Waals surface area contributed by atoms with Gasteiger partial charge >= 0.3 is 0 Å². The zero-order chi connectivity index (χ0) is 7.84. The van der Waals surface area contributed by atoms with E-state index in [1.165, 1.54) is 19.3 Å². The number of hydrogen-bond acceptors (Lipinski definition) is 1. The molecule has 3 fully saturated rings. The maximum absolute atomic E-state index is 10.3. The van der Waals surface area contributed by atoms with Gasteiger partial charge in [-0.15, -0.1) is 0 Å². The minimum absolute atomic E-state index is 0.743. The third-order valence-corrected chi connectivity index (χ3v) is 3.91. The standard InChI is InChI=1S/C10H16O/c1-7-9-3-2-8(4-5-11)10(7)6-9/h5,7-10H,2-4,6H2,1H3/t7?,8?,9-,10+/m0/s1.